The van der Waals surface area contributed by atoms with Gasteiger partial charge in [0.15, 0.2) is 11.5 Å². The van der Waals surface area contributed by atoms with Crippen LogP contribution in [0, 0.1) is 0 Å². The Hall–Kier alpha value is -1.05. The second-order valence-corrected chi connectivity index (χ2v) is 5.61. The Morgan fingerprint density at radius 2 is 2.65 bits per heavy atom. The fraction of sp³-hybridized carbons (Fsp3) is 0.600. The molecule has 3 N–H and O–H groups in total. The first-order valence-corrected chi connectivity index (χ1v) is 6.54. The third-order valence-electron chi connectivity index (χ3n) is 2.63. The van der Waals surface area contributed by atoms with Crippen LogP contribution in [0.15, 0.2) is 10.6 Å². The van der Waals surface area contributed by atoms with E-state index in [1.807, 2.05) is 17.2 Å². The summed E-state index contributed by atoms with van der Waals surface area (Å²) in [5.74, 6) is 6.42. The first-order chi connectivity index (χ1) is 8.19. The van der Waals surface area contributed by atoms with Crippen LogP contribution >= 0.6 is 11.8 Å². The Kier molecular flexibility index (Phi) is 4.03. The Labute approximate surface area is 104 Å². The van der Waals surface area contributed by atoms with Crippen molar-refractivity contribution in [2.75, 3.05) is 18.8 Å². The molecule has 0 aromatic carbocycles. The number of carbonyl (C=O) groups is 1. The first kappa shape index (κ1) is 12.4. The van der Waals surface area contributed by atoms with Gasteiger partial charge in [0.2, 0.25) is 0 Å². The lowest BCUT2D eigenvalue weighted by Crippen LogP contribution is -2.35. The van der Waals surface area contributed by atoms with Crippen LogP contribution in [0.25, 0.3) is 0 Å². The number of rotatable bonds is 3. The molecular formula is C10H16N4O2S. The van der Waals surface area contributed by atoms with E-state index in [9.17, 15) is 4.79 Å². The normalized spacial score (nSPS) is 21.4. The highest BCUT2D eigenvalue weighted by Gasteiger charge is 2.19. The van der Waals surface area contributed by atoms with E-state index in [0.717, 1.165) is 18.8 Å². The molecule has 7 heteroatoms. The quantitative estimate of drug-likeness (QED) is 0.457. The van der Waals surface area contributed by atoms with Crippen LogP contribution in [-0.2, 0) is 6.54 Å². The molecule has 1 fully saturated rings. The molecule has 1 aromatic heterocycles. The molecular weight excluding hydrogens is 240 g/mol. The van der Waals surface area contributed by atoms with E-state index in [4.69, 9.17) is 10.4 Å². The number of nitrogen functional groups attached to an aromatic ring is 1. The highest BCUT2D eigenvalue weighted by Crippen LogP contribution is 2.19. The summed E-state index contributed by atoms with van der Waals surface area (Å²) in [4.78, 5) is 13.5. The summed E-state index contributed by atoms with van der Waals surface area (Å²) in [7, 11) is 0. The summed E-state index contributed by atoms with van der Waals surface area (Å²) in [5, 5.41) is 4.31. The zero-order valence-corrected chi connectivity index (χ0v) is 10.5. The molecule has 1 saturated heterocycles. The van der Waals surface area contributed by atoms with E-state index in [1.54, 1.807) is 6.07 Å². The molecule has 2 rings (SSSR count). The van der Waals surface area contributed by atoms with Crippen molar-refractivity contribution in [3.05, 3.63) is 17.5 Å². The van der Waals surface area contributed by atoms with Gasteiger partial charge in [-0.05, 0) is 0 Å². The zero-order chi connectivity index (χ0) is 12.3. The fourth-order valence-electron chi connectivity index (χ4n) is 1.82. The van der Waals surface area contributed by atoms with Gasteiger partial charge in [0.25, 0.3) is 5.91 Å². The molecule has 0 aliphatic carbocycles. The average molecular weight is 256 g/mol. The van der Waals surface area contributed by atoms with Crippen molar-refractivity contribution in [3.8, 4) is 0 Å². The molecule has 1 aliphatic rings. The Morgan fingerprint density at radius 3 is 3.35 bits per heavy atom. The monoisotopic (exact) mass is 256 g/mol. The molecule has 1 aliphatic heterocycles. The molecule has 0 bridgehead atoms. The lowest BCUT2D eigenvalue weighted by molar-refractivity contribution is 0.0944. The number of nitrogens with zero attached hydrogens (tertiary/aromatic N) is 2. The second kappa shape index (κ2) is 5.52. The standard InChI is InChI=1S/C10H16N4O2S/c1-7-5-14(2-3-17-7)6-8-4-9(13-16-8)10(15)12-11/h4,7H,2-3,5-6,11H2,1H3,(H,12,15). The maximum absolute atomic E-state index is 11.2. The lowest BCUT2D eigenvalue weighted by atomic mass is 10.3. The minimum atomic E-state index is -0.428. The van der Waals surface area contributed by atoms with Gasteiger partial charge in [-0.1, -0.05) is 12.1 Å². The van der Waals surface area contributed by atoms with Crippen LogP contribution in [0.2, 0.25) is 0 Å². The van der Waals surface area contributed by atoms with Gasteiger partial charge in [-0.25, -0.2) is 5.84 Å². The minimum Gasteiger partial charge on any atom is -0.359 e. The molecule has 1 aromatic rings. The number of thioether (sulfide) groups is 1. The summed E-state index contributed by atoms with van der Waals surface area (Å²) in [6.45, 7) is 4.97. The molecule has 6 nitrogen and oxygen atoms in total. The summed E-state index contributed by atoms with van der Waals surface area (Å²) in [6.07, 6.45) is 0. The number of carbonyl (C=O) groups excluding carboxylic acids is 1. The summed E-state index contributed by atoms with van der Waals surface area (Å²) < 4.78 is 5.11. The Morgan fingerprint density at radius 1 is 1.82 bits per heavy atom. The van der Waals surface area contributed by atoms with Crippen molar-refractivity contribution >= 4 is 17.7 Å². The second-order valence-electron chi connectivity index (χ2n) is 4.07. The topological polar surface area (TPSA) is 84.4 Å². The maximum Gasteiger partial charge on any atom is 0.287 e. The van der Waals surface area contributed by atoms with Gasteiger partial charge in [0.05, 0.1) is 6.54 Å². The zero-order valence-electron chi connectivity index (χ0n) is 9.68. The van der Waals surface area contributed by atoms with Gasteiger partial charge in [0, 0.05) is 30.2 Å². The van der Waals surface area contributed by atoms with Gasteiger partial charge in [0.1, 0.15) is 0 Å². The van der Waals surface area contributed by atoms with Crippen molar-refractivity contribution in [1.82, 2.24) is 15.5 Å². The number of amides is 1. The van der Waals surface area contributed by atoms with Crippen molar-refractivity contribution in [2.24, 2.45) is 5.84 Å². The number of hydrogen-bond donors (Lipinski definition) is 2. The van der Waals surface area contributed by atoms with Crippen LogP contribution < -0.4 is 11.3 Å². The molecule has 1 unspecified atom stereocenters. The van der Waals surface area contributed by atoms with Gasteiger partial charge in [-0.2, -0.15) is 11.8 Å². The average Bonchev–Trinajstić information content (AvgIpc) is 2.76. The highest BCUT2D eigenvalue weighted by molar-refractivity contribution is 7.99. The Balaban J connectivity index is 1.94. The highest BCUT2D eigenvalue weighted by atomic mass is 32.2. The SMILES string of the molecule is CC1CN(Cc2cc(C(=O)NN)no2)CCS1. The summed E-state index contributed by atoms with van der Waals surface area (Å²) in [5.41, 5.74) is 2.25. The van der Waals surface area contributed by atoms with Gasteiger partial charge in [-0.15, -0.1) is 0 Å². The molecule has 1 atom stereocenters. The van der Waals surface area contributed by atoms with Crippen molar-refractivity contribution in [2.45, 2.75) is 18.7 Å². The van der Waals surface area contributed by atoms with E-state index in [2.05, 4.69) is 17.0 Å². The van der Waals surface area contributed by atoms with E-state index in [-0.39, 0.29) is 5.69 Å². The van der Waals surface area contributed by atoms with E-state index in [0.29, 0.717) is 17.6 Å². The molecule has 2 heterocycles. The third-order valence-corrected chi connectivity index (χ3v) is 3.76. The minimum absolute atomic E-state index is 0.224. The molecule has 17 heavy (non-hydrogen) atoms. The predicted molar refractivity (Wildman–Crippen MR) is 65.4 cm³/mol. The first-order valence-electron chi connectivity index (χ1n) is 5.49. The van der Waals surface area contributed by atoms with Gasteiger partial charge in [-0.3, -0.25) is 15.1 Å². The van der Waals surface area contributed by atoms with Crippen LogP contribution in [0.1, 0.15) is 23.2 Å². The van der Waals surface area contributed by atoms with Crippen LogP contribution in [0.5, 0.6) is 0 Å². The number of nitrogens with two attached hydrogens (primary N) is 1. The van der Waals surface area contributed by atoms with E-state index >= 15 is 0 Å². The molecule has 1 amide bonds. The maximum atomic E-state index is 11.2. The smallest absolute Gasteiger partial charge is 0.287 e. The van der Waals surface area contributed by atoms with Crippen LogP contribution in [0.3, 0.4) is 0 Å². The fourth-order valence-corrected chi connectivity index (χ4v) is 2.91. The molecule has 0 spiro atoms. The molecule has 0 radical (unpaired) electrons. The lowest BCUT2D eigenvalue weighted by Gasteiger charge is -2.29. The van der Waals surface area contributed by atoms with Gasteiger partial charge < -0.3 is 4.52 Å². The summed E-state index contributed by atoms with van der Waals surface area (Å²) >= 11 is 1.98. The largest absolute Gasteiger partial charge is 0.359 e. The molecule has 94 valence electrons. The van der Waals surface area contributed by atoms with Crippen molar-refractivity contribution < 1.29 is 9.32 Å². The van der Waals surface area contributed by atoms with Crippen molar-refractivity contribution in [1.29, 1.82) is 0 Å². The van der Waals surface area contributed by atoms with E-state index < -0.39 is 5.91 Å². The van der Waals surface area contributed by atoms with Gasteiger partial charge >= 0.3 is 0 Å². The number of hydrazine groups is 1. The third kappa shape index (κ3) is 3.21. The van der Waals surface area contributed by atoms with Crippen LogP contribution in [-0.4, -0.2) is 40.1 Å². The number of hydrogen-bond acceptors (Lipinski definition) is 6. The number of aromatic nitrogens is 1. The predicted octanol–water partition coefficient (Wildman–Crippen LogP) is 0.215. The van der Waals surface area contributed by atoms with Crippen LogP contribution in [0.4, 0.5) is 0 Å². The van der Waals surface area contributed by atoms with Crippen molar-refractivity contribution in [3.63, 3.8) is 0 Å². The summed E-state index contributed by atoms with van der Waals surface area (Å²) in [6, 6.07) is 1.63. The van der Waals surface area contributed by atoms with E-state index in [1.165, 1.54) is 0 Å². The number of nitrogens with one attached hydrogen (secondary N) is 1. The Bertz CT molecular complexity index is 395. The molecule has 0 saturated carbocycles.